The molecule has 4 aromatic rings. The van der Waals surface area contributed by atoms with Crippen molar-refractivity contribution in [3.05, 3.63) is 79.9 Å². The molecule has 1 aliphatic rings. The first-order valence-corrected chi connectivity index (χ1v) is 10.9. The van der Waals surface area contributed by atoms with Crippen LogP contribution in [0.4, 0.5) is 11.5 Å². The van der Waals surface area contributed by atoms with Crippen molar-refractivity contribution in [2.24, 2.45) is 0 Å². The van der Waals surface area contributed by atoms with Crippen LogP contribution in [0.25, 0.3) is 11.2 Å². The van der Waals surface area contributed by atoms with E-state index >= 15 is 0 Å². The maximum atomic E-state index is 12.1. The van der Waals surface area contributed by atoms with E-state index in [9.17, 15) is 4.79 Å². The lowest BCUT2D eigenvalue weighted by Crippen LogP contribution is -2.39. The highest BCUT2D eigenvalue weighted by Crippen LogP contribution is 2.29. The summed E-state index contributed by atoms with van der Waals surface area (Å²) < 4.78 is 7.90. The van der Waals surface area contributed by atoms with Gasteiger partial charge in [0.2, 0.25) is 5.91 Å². The molecule has 1 N–H and O–H groups in total. The lowest BCUT2D eigenvalue weighted by molar-refractivity contribution is -0.127. The molecule has 3 heterocycles. The smallest absolute Gasteiger partial charge is 0.246 e. The largest absolute Gasteiger partial charge is 0.457 e. The molecular formula is C25H24N6O2. The molecule has 166 valence electrons. The second-order valence-corrected chi connectivity index (χ2v) is 7.90. The number of ether oxygens (including phenoxy) is 1. The first-order valence-electron chi connectivity index (χ1n) is 10.9. The van der Waals surface area contributed by atoms with Gasteiger partial charge in [0.05, 0.1) is 12.4 Å². The van der Waals surface area contributed by atoms with Crippen LogP contribution in [0.1, 0.15) is 18.9 Å². The normalized spacial score (nSPS) is 15.9. The van der Waals surface area contributed by atoms with E-state index in [1.807, 2.05) is 64.1 Å². The highest BCUT2D eigenvalue weighted by molar-refractivity contribution is 5.87. The number of carbonyl (C=O) groups excluding carboxylic acids is 1. The Balaban J connectivity index is 1.34. The summed E-state index contributed by atoms with van der Waals surface area (Å²) >= 11 is 0. The van der Waals surface area contributed by atoms with Crippen molar-refractivity contribution in [3.63, 3.8) is 0 Å². The van der Waals surface area contributed by atoms with Gasteiger partial charge < -0.3 is 19.5 Å². The van der Waals surface area contributed by atoms with Gasteiger partial charge in [-0.1, -0.05) is 24.8 Å². The third-order valence-corrected chi connectivity index (χ3v) is 5.73. The van der Waals surface area contributed by atoms with Gasteiger partial charge in [0.25, 0.3) is 0 Å². The second-order valence-electron chi connectivity index (χ2n) is 7.90. The van der Waals surface area contributed by atoms with E-state index in [-0.39, 0.29) is 11.9 Å². The second kappa shape index (κ2) is 9.12. The summed E-state index contributed by atoms with van der Waals surface area (Å²) in [5, 5.41) is 3.33. The van der Waals surface area contributed by atoms with Gasteiger partial charge in [0.15, 0.2) is 17.0 Å². The number of imidazole rings is 1. The number of likely N-dealkylation sites (tertiary alicyclic amines) is 1. The van der Waals surface area contributed by atoms with Crippen molar-refractivity contribution in [2.45, 2.75) is 18.9 Å². The highest BCUT2D eigenvalue weighted by Gasteiger charge is 2.25. The zero-order chi connectivity index (χ0) is 22.6. The number of hydrogen-bond acceptors (Lipinski definition) is 6. The molecule has 0 saturated carbocycles. The van der Waals surface area contributed by atoms with Crippen LogP contribution >= 0.6 is 0 Å². The van der Waals surface area contributed by atoms with Crippen molar-refractivity contribution in [1.29, 1.82) is 0 Å². The number of nitrogens with one attached hydrogen (secondary N) is 1. The summed E-state index contributed by atoms with van der Waals surface area (Å²) in [5.74, 6) is 2.13. The van der Waals surface area contributed by atoms with E-state index in [4.69, 9.17) is 4.74 Å². The molecule has 5 rings (SSSR count). The summed E-state index contributed by atoms with van der Waals surface area (Å²) in [6.45, 7) is 4.97. The molecule has 1 saturated heterocycles. The fraction of sp³-hybridized carbons (Fsp3) is 0.200. The third-order valence-electron chi connectivity index (χ3n) is 5.73. The average Bonchev–Trinajstić information content (AvgIpc) is 3.31. The number of nitrogens with zero attached hydrogens (tertiary/aromatic N) is 5. The molecule has 0 unspecified atom stereocenters. The Morgan fingerprint density at radius 2 is 1.85 bits per heavy atom. The van der Waals surface area contributed by atoms with Crippen molar-refractivity contribution in [3.8, 4) is 11.5 Å². The zero-order valence-corrected chi connectivity index (χ0v) is 18.1. The van der Waals surface area contributed by atoms with Gasteiger partial charge in [-0.3, -0.25) is 4.79 Å². The van der Waals surface area contributed by atoms with Gasteiger partial charge in [-0.05, 0) is 55.3 Å². The summed E-state index contributed by atoms with van der Waals surface area (Å²) in [7, 11) is 0. The minimum absolute atomic E-state index is 0.0409. The van der Waals surface area contributed by atoms with Crippen LogP contribution in [0.2, 0.25) is 0 Å². The first-order chi connectivity index (χ1) is 16.2. The SMILES string of the molecule is C=CC(=O)N1CCC[C@@H](n2cnc3c(Nc4ccc(Oc5ccccc5)cc4)ncnc32)C1. The number of fused-ring (bicyclic) bond motifs is 1. The average molecular weight is 441 g/mol. The van der Waals surface area contributed by atoms with E-state index in [2.05, 4.69) is 26.8 Å². The van der Waals surface area contributed by atoms with Gasteiger partial charge in [-0.15, -0.1) is 0 Å². The van der Waals surface area contributed by atoms with Gasteiger partial charge >= 0.3 is 0 Å². The molecule has 1 amide bonds. The first kappa shape index (κ1) is 20.7. The number of aromatic nitrogens is 4. The Kier molecular flexibility index (Phi) is 5.72. The molecule has 2 aromatic heterocycles. The molecule has 8 heteroatoms. The van der Waals surface area contributed by atoms with Crippen molar-refractivity contribution in [2.75, 3.05) is 18.4 Å². The summed E-state index contributed by atoms with van der Waals surface area (Å²) in [6.07, 6.45) is 6.58. The van der Waals surface area contributed by atoms with Crippen LogP contribution in [-0.2, 0) is 4.79 Å². The summed E-state index contributed by atoms with van der Waals surface area (Å²) in [4.78, 5) is 27.3. The summed E-state index contributed by atoms with van der Waals surface area (Å²) in [5.41, 5.74) is 2.30. The quantitative estimate of drug-likeness (QED) is 0.437. The lowest BCUT2D eigenvalue weighted by atomic mass is 10.1. The number of rotatable bonds is 6. The van der Waals surface area contributed by atoms with Crippen LogP contribution in [-0.4, -0.2) is 43.4 Å². The predicted octanol–water partition coefficient (Wildman–Crippen LogP) is 4.71. The van der Waals surface area contributed by atoms with Crippen LogP contribution in [0.15, 0.2) is 79.9 Å². The van der Waals surface area contributed by atoms with Crippen molar-refractivity contribution in [1.82, 2.24) is 24.4 Å². The Morgan fingerprint density at radius 3 is 2.64 bits per heavy atom. The standard InChI is InChI=1S/C25H24N6O2/c1-2-22(32)30-14-6-7-19(15-30)31-17-28-23-24(26-16-27-25(23)31)29-18-10-12-21(13-11-18)33-20-8-4-3-5-9-20/h2-5,8-13,16-17,19H,1,6-7,14-15H2,(H,26,27,29)/t19-/m1/s1. The van der Waals surface area contributed by atoms with Gasteiger partial charge in [-0.2, -0.15) is 0 Å². The monoisotopic (exact) mass is 440 g/mol. The van der Waals surface area contributed by atoms with E-state index in [0.717, 1.165) is 42.2 Å². The van der Waals surface area contributed by atoms with Crippen LogP contribution in [0, 0.1) is 0 Å². The summed E-state index contributed by atoms with van der Waals surface area (Å²) in [6, 6.07) is 17.4. The number of amides is 1. The Morgan fingerprint density at radius 1 is 1.06 bits per heavy atom. The van der Waals surface area contributed by atoms with Crippen molar-refractivity contribution >= 4 is 28.6 Å². The number of benzene rings is 2. The molecule has 0 radical (unpaired) electrons. The topological polar surface area (TPSA) is 85.2 Å². The predicted molar refractivity (Wildman–Crippen MR) is 127 cm³/mol. The minimum atomic E-state index is -0.0409. The number of carbonyl (C=O) groups is 1. The van der Waals surface area contributed by atoms with E-state index < -0.39 is 0 Å². The minimum Gasteiger partial charge on any atom is -0.457 e. The molecule has 1 atom stereocenters. The Hall–Kier alpha value is -4.20. The van der Waals surface area contributed by atoms with E-state index in [1.165, 1.54) is 12.4 Å². The number of para-hydroxylation sites is 1. The highest BCUT2D eigenvalue weighted by atomic mass is 16.5. The zero-order valence-electron chi connectivity index (χ0n) is 18.1. The molecule has 33 heavy (non-hydrogen) atoms. The Labute approximate surface area is 191 Å². The van der Waals surface area contributed by atoms with E-state index in [0.29, 0.717) is 17.9 Å². The molecule has 8 nitrogen and oxygen atoms in total. The van der Waals surface area contributed by atoms with Crippen LogP contribution in [0.5, 0.6) is 11.5 Å². The van der Waals surface area contributed by atoms with Gasteiger partial charge in [-0.25, -0.2) is 15.0 Å². The van der Waals surface area contributed by atoms with Crippen molar-refractivity contribution < 1.29 is 9.53 Å². The lowest BCUT2D eigenvalue weighted by Gasteiger charge is -2.32. The molecule has 0 spiro atoms. The molecule has 2 aromatic carbocycles. The molecule has 1 fully saturated rings. The maximum absolute atomic E-state index is 12.1. The fourth-order valence-electron chi connectivity index (χ4n) is 4.09. The molecule has 0 aliphatic carbocycles. The van der Waals surface area contributed by atoms with E-state index in [1.54, 1.807) is 6.33 Å². The third kappa shape index (κ3) is 4.41. The Bertz CT molecular complexity index is 1270. The van der Waals surface area contributed by atoms with Crippen LogP contribution < -0.4 is 10.1 Å². The maximum Gasteiger partial charge on any atom is 0.246 e. The fourth-order valence-corrected chi connectivity index (χ4v) is 4.09. The number of anilines is 2. The van der Waals surface area contributed by atoms with Gasteiger partial charge in [0.1, 0.15) is 17.8 Å². The number of hydrogen-bond donors (Lipinski definition) is 1. The van der Waals surface area contributed by atoms with Crippen LogP contribution in [0.3, 0.4) is 0 Å². The molecular weight excluding hydrogens is 416 g/mol. The molecule has 1 aliphatic heterocycles. The molecule has 0 bridgehead atoms. The number of piperidine rings is 1. The van der Waals surface area contributed by atoms with Gasteiger partial charge in [0, 0.05) is 18.8 Å².